The highest BCUT2D eigenvalue weighted by atomic mass is 32.1. The minimum atomic E-state index is -0.624. The number of phenolic OH excluding ortho intramolecular Hbond substituents is 2. The molecule has 0 bridgehead atoms. The summed E-state index contributed by atoms with van der Waals surface area (Å²) in [6.07, 6.45) is 3.08. The lowest BCUT2D eigenvalue weighted by Crippen LogP contribution is -2.12. The Morgan fingerprint density at radius 2 is 1.72 bits per heavy atom. The van der Waals surface area contributed by atoms with Gasteiger partial charge < -0.3 is 25.3 Å². The monoisotopic (exact) mass is 592 g/mol. The zero-order valence-electron chi connectivity index (χ0n) is 22.0. The predicted octanol–water partition coefficient (Wildman–Crippen LogP) is 6.83. The molecule has 0 saturated heterocycles. The topological polar surface area (TPSA) is 177 Å². The first-order chi connectivity index (χ1) is 20.8. The maximum atomic E-state index is 13.0. The second kappa shape index (κ2) is 11.4. The molecule has 0 aliphatic heterocycles. The van der Waals surface area contributed by atoms with Crippen molar-refractivity contribution in [2.24, 2.45) is 0 Å². The smallest absolute Gasteiger partial charge is 0.433 e. The van der Waals surface area contributed by atoms with Crippen molar-refractivity contribution in [2.75, 3.05) is 10.6 Å². The summed E-state index contributed by atoms with van der Waals surface area (Å²) in [4.78, 5) is 36.9. The summed E-state index contributed by atoms with van der Waals surface area (Å²) >= 11 is 1.24. The van der Waals surface area contributed by atoms with Crippen LogP contribution in [-0.4, -0.2) is 36.0 Å². The van der Waals surface area contributed by atoms with Gasteiger partial charge in [0.25, 0.3) is 5.91 Å². The van der Waals surface area contributed by atoms with Gasteiger partial charge in [0.2, 0.25) is 0 Å². The molecule has 6 aromatic rings. The molecule has 6 rings (SSSR count). The van der Waals surface area contributed by atoms with E-state index < -0.39 is 10.8 Å². The Balaban J connectivity index is 1.31. The number of para-hydroxylation sites is 1. The Labute approximate surface area is 246 Å². The van der Waals surface area contributed by atoms with Crippen LogP contribution in [0.2, 0.25) is 0 Å². The number of nitrogens with one attached hydrogen (secondary N) is 2. The van der Waals surface area contributed by atoms with Gasteiger partial charge in [0, 0.05) is 22.1 Å². The van der Waals surface area contributed by atoms with Gasteiger partial charge in [-0.3, -0.25) is 14.9 Å². The number of thiazole rings is 1. The van der Waals surface area contributed by atoms with Crippen LogP contribution in [-0.2, 0) is 0 Å². The second-order valence-corrected chi connectivity index (χ2v) is 9.97. The summed E-state index contributed by atoms with van der Waals surface area (Å²) in [6.45, 7) is 0. The Hall–Kier alpha value is -6.08. The van der Waals surface area contributed by atoms with Crippen LogP contribution >= 0.6 is 11.3 Å². The molecule has 3 aromatic heterocycles. The van der Waals surface area contributed by atoms with Crippen LogP contribution in [0, 0.1) is 10.1 Å². The second-order valence-electron chi connectivity index (χ2n) is 9.11. The van der Waals surface area contributed by atoms with Crippen molar-refractivity contribution < 1.29 is 24.3 Å². The van der Waals surface area contributed by atoms with Crippen LogP contribution < -0.4 is 10.6 Å². The number of fused-ring (bicyclic) bond motifs is 1. The molecule has 0 aliphatic rings. The van der Waals surface area contributed by atoms with E-state index >= 15 is 0 Å². The van der Waals surface area contributed by atoms with Gasteiger partial charge in [-0.25, -0.2) is 15.0 Å². The van der Waals surface area contributed by atoms with Crippen LogP contribution in [0.3, 0.4) is 0 Å². The van der Waals surface area contributed by atoms with Crippen molar-refractivity contribution in [1.82, 2.24) is 15.0 Å². The number of hydrogen-bond acceptors (Lipinski definition) is 11. The van der Waals surface area contributed by atoms with Gasteiger partial charge in [0.05, 0.1) is 17.1 Å². The molecular weight excluding hydrogens is 572 g/mol. The first kappa shape index (κ1) is 27.1. The Morgan fingerprint density at radius 3 is 2.49 bits per heavy atom. The number of carbonyl (C=O) groups excluding carboxylic acids is 1. The summed E-state index contributed by atoms with van der Waals surface area (Å²) in [7, 11) is 0. The van der Waals surface area contributed by atoms with Gasteiger partial charge in [-0.05, 0) is 72.8 Å². The Kier molecular flexibility index (Phi) is 7.20. The number of nitrogens with zero attached hydrogens (tertiary/aromatic N) is 4. The molecule has 0 spiro atoms. The SMILES string of the molecule is O=C(Nc1ccc2nc(C=Cc3ccc([N+](=O)[O-])o3)nc(Nc3ccc(O)cc3)c2c1)c1csc(-c2ccccc2O)n1. The van der Waals surface area contributed by atoms with Crippen molar-refractivity contribution in [1.29, 1.82) is 0 Å². The largest absolute Gasteiger partial charge is 0.508 e. The quantitative estimate of drug-likeness (QED) is 0.0832. The molecule has 0 unspecified atom stereocenters. The highest BCUT2D eigenvalue weighted by molar-refractivity contribution is 7.13. The third-order valence-electron chi connectivity index (χ3n) is 6.16. The van der Waals surface area contributed by atoms with E-state index in [-0.39, 0.29) is 28.8 Å². The number of furan rings is 1. The number of nitro groups is 1. The molecule has 0 atom stereocenters. The fourth-order valence-electron chi connectivity index (χ4n) is 4.11. The third kappa shape index (κ3) is 6.01. The zero-order valence-corrected chi connectivity index (χ0v) is 22.8. The van der Waals surface area contributed by atoms with E-state index in [0.717, 1.165) is 0 Å². The minimum Gasteiger partial charge on any atom is -0.508 e. The molecule has 0 saturated carbocycles. The maximum Gasteiger partial charge on any atom is 0.433 e. The number of hydrogen-bond donors (Lipinski definition) is 4. The molecule has 0 aliphatic carbocycles. The van der Waals surface area contributed by atoms with E-state index in [2.05, 4.69) is 25.6 Å². The molecule has 3 heterocycles. The van der Waals surface area contributed by atoms with Crippen molar-refractivity contribution in [2.45, 2.75) is 0 Å². The number of rotatable bonds is 8. The first-order valence-electron chi connectivity index (χ1n) is 12.7. The molecule has 12 nitrogen and oxygen atoms in total. The average Bonchev–Trinajstić information content (AvgIpc) is 3.69. The minimum absolute atomic E-state index is 0.0756. The number of aromatic nitrogens is 3. The Bertz CT molecular complexity index is 2020. The van der Waals surface area contributed by atoms with Gasteiger partial charge in [0.15, 0.2) is 5.82 Å². The number of amides is 1. The van der Waals surface area contributed by atoms with Gasteiger partial charge in [-0.2, -0.15) is 0 Å². The lowest BCUT2D eigenvalue weighted by molar-refractivity contribution is -0.402. The van der Waals surface area contributed by atoms with Gasteiger partial charge >= 0.3 is 5.88 Å². The molecule has 3 aromatic carbocycles. The Morgan fingerprint density at radius 1 is 0.930 bits per heavy atom. The van der Waals surface area contributed by atoms with Crippen LogP contribution in [0.5, 0.6) is 11.5 Å². The lowest BCUT2D eigenvalue weighted by Gasteiger charge is -2.12. The van der Waals surface area contributed by atoms with Crippen LogP contribution in [0.1, 0.15) is 22.1 Å². The molecule has 212 valence electrons. The van der Waals surface area contributed by atoms with Gasteiger partial charge in [-0.1, -0.05) is 12.1 Å². The molecule has 43 heavy (non-hydrogen) atoms. The molecule has 0 fully saturated rings. The fourth-order valence-corrected chi connectivity index (χ4v) is 4.95. The number of anilines is 3. The third-order valence-corrected chi connectivity index (χ3v) is 7.04. The zero-order chi connectivity index (χ0) is 29.9. The number of phenols is 2. The summed E-state index contributed by atoms with van der Waals surface area (Å²) in [5, 5.41) is 39.5. The van der Waals surface area contributed by atoms with Crippen LogP contribution in [0.15, 0.2) is 88.7 Å². The van der Waals surface area contributed by atoms with Crippen LogP contribution in [0.25, 0.3) is 33.6 Å². The summed E-state index contributed by atoms with van der Waals surface area (Å²) in [5.41, 5.74) is 2.39. The number of benzene rings is 3. The standard InChI is InChI=1S/C30H20N6O6S/c37-19-8-5-17(6-9-19)31-28-22-15-18(32-29(39)24-16-43-30(34-24)21-3-1-2-4-25(21)38)7-12-23(22)33-26(35-28)13-10-20-11-14-27(42-20)36(40)41/h1-16,37-38H,(H,32,39)(H,31,33,35). The van der Waals surface area contributed by atoms with E-state index in [4.69, 9.17) is 4.42 Å². The van der Waals surface area contributed by atoms with E-state index in [1.54, 1.807) is 66.1 Å². The van der Waals surface area contributed by atoms with E-state index in [1.807, 2.05) is 0 Å². The first-order valence-corrected chi connectivity index (χ1v) is 13.6. The average molecular weight is 593 g/mol. The van der Waals surface area contributed by atoms with Crippen molar-refractivity contribution in [3.05, 3.63) is 112 Å². The normalized spacial score (nSPS) is 11.2. The van der Waals surface area contributed by atoms with E-state index in [9.17, 15) is 25.1 Å². The number of carbonyl (C=O) groups is 1. The van der Waals surface area contributed by atoms with Crippen molar-refractivity contribution in [3.8, 4) is 22.1 Å². The van der Waals surface area contributed by atoms with Crippen molar-refractivity contribution >= 4 is 63.4 Å². The van der Waals surface area contributed by atoms with E-state index in [0.29, 0.717) is 44.5 Å². The highest BCUT2D eigenvalue weighted by Crippen LogP contribution is 2.32. The summed E-state index contributed by atoms with van der Waals surface area (Å²) in [5.74, 6) is 0.331. The molecular formula is C30H20N6O6S. The van der Waals surface area contributed by atoms with E-state index in [1.165, 1.54) is 41.7 Å². The van der Waals surface area contributed by atoms with Crippen LogP contribution in [0.4, 0.5) is 23.1 Å². The lowest BCUT2D eigenvalue weighted by atomic mass is 10.2. The molecule has 4 N–H and O–H groups in total. The van der Waals surface area contributed by atoms with Crippen molar-refractivity contribution in [3.63, 3.8) is 0 Å². The summed E-state index contributed by atoms with van der Waals surface area (Å²) in [6, 6.07) is 21.0. The maximum absolute atomic E-state index is 13.0. The van der Waals surface area contributed by atoms with Gasteiger partial charge in [-0.15, -0.1) is 11.3 Å². The summed E-state index contributed by atoms with van der Waals surface area (Å²) < 4.78 is 5.18. The fraction of sp³-hybridized carbons (Fsp3) is 0. The number of aromatic hydroxyl groups is 2. The molecule has 1 amide bonds. The molecule has 0 radical (unpaired) electrons. The highest BCUT2D eigenvalue weighted by Gasteiger charge is 2.16. The predicted molar refractivity (Wildman–Crippen MR) is 162 cm³/mol. The molecule has 13 heteroatoms. The van der Waals surface area contributed by atoms with Gasteiger partial charge in [0.1, 0.15) is 38.7 Å².